The Bertz CT molecular complexity index is 341. The Balaban J connectivity index is 2.86. The number of halogens is 1. The van der Waals surface area contributed by atoms with Crippen LogP contribution in [0.15, 0.2) is 0 Å². The maximum atomic E-state index is 11.9. The van der Waals surface area contributed by atoms with Crippen molar-refractivity contribution < 1.29 is 24.5 Å². The van der Waals surface area contributed by atoms with Crippen molar-refractivity contribution >= 4 is 27.8 Å². The van der Waals surface area contributed by atoms with Crippen LogP contribution < -0.4 is 0 Å². The maximum absolute atomic E-state index is 11.9. The molecule has 0 aromatic carbocycles. The Kier molecular flexibility index (Phi) is 4.74. The van der Waals surface area contributed by atoms with Crippen molar-refractivity contribution in [1.82, 2.24) is 4.90 Å². The van der Waals surface area contributed by atoms with Gasteiger partial charge in [-0.2, -0.15) is 0 Å². The van der Waals surface area contributed by atoms with Crippen LogP contribution in [0.2, 0.25) is 0 Å². The summed E-state index contributed by atoms with van der Waals surface area (Å²) in [7, 11) is 0. The van der Waals surface area contributed by atoms with E-state index in [2.05, 4.69) is 15.9 Å². The molecule has 3 atom stereocenters. The minimum Gasteiger partial charge on any atom is -0.444 e. The van der Waals surface area contributed by atoms with Crippen LogP contribution in [0.5, 0.6) is 0 Å². The number of rotatable bonds is 2. The molecule has 0 aliphatic carbocycles. The molecular weight excluding hydrogens is 306 g/mol. The van der Waals surface area contributed by atoms with E-state index in [1.807, 2.05) is 0 Å². The van der Waals surface area contributed by atoms with Gasteiger partial charge in [-0.25, -0.2) is 4.79 Å². The molecule has 0 unspecified atom stereocenters. The molecule has 1 heterocycles. The number of hydrogen-bond donors (Lipinski definition) is 2. The van der Waals surface area contributed by atoms with Crippen molar-refractivity contribution in [3.05, 3.63) is 0 Å². The highest BCUT2D eigenvalue weighted by Crippen LogP contribution is 2.27. The largest absolute Gasteiger partial charge is 0.444 e. The molecule has 1 saturated heterocycles. The first-order valence-electron chi connectivity index (χ1n) is 5.62. The predicted molar refractivity (Wildman–Crippen MR) is 67.5 cm³/mol. The van der Waals surface area contributed by atoms with Gasteiger partial charge in [0, 0.05) is 0 Å². The molecule has 6 nitrogen and oxygen atoms in total. The van der Waals surface area contributed by atoms with E-state index in [4.69, 9.17) is 9.84 Å². The molecule has 1 aliphatic rings. The maximum Gasteiger partial charge on any atom is 0.411 e. The van der Waals surface area contributed by atoms with E-state index < -0.39 is 41.1 Å². The van der Waals surface area contributed by atoms with Gasteiger partial charge < -0.3 is 14.9 Å². The molecule has 0 saturated carbocycles. The SMILES string of the molecule is CC(C)(C)OC(=O)N1C[C@@H](O)[C@H](Br)[C@H]1C(=O)CO. The van der Waals surface area contributed by atoms with Gasteiger partial charge in [-0.15, -0.1) is 0 Å². The Labute approximate surface area is 114 Å². The van der Waals surface area contributed by atoms with Gasteiger partial charge in [0.25, 0.3) is 0 Å². The summed E-state index contributed by atoms with van der Waals surface area (Å²) >= 11 is 3.17. The summed E-state index contributed by atoms with van der Waals surface area (Å²) in [6.45, 7) is 4.46. The van der Waals surface area contributed by atoms with Gasteiger partial charge >= 0.3 is 6.09 Å². The van der Waals surface area contributed by atoms with E-state index in [1.165, 1.54) is 0 Å². The Morgan fingerprint density at radius 1 is 1.44 bits per heavy atom. The Morgan fingerprint density at radius 3 is 2.44 bits per heavy atom. The molecule has 0 bridgehead atoms. The number of hydrogen-bond acceptors (Lipinski definition) is 5. The highest BCUT2D eigenvalue weighted by molar-refractivity contribution is 9.09. The first-order valence-corrected chi connectivity index (χ1v) is 6.54. The number of ether oxygens (including phenoxy) is 1. The van der Waals surface area contributed by atoms with Crippen LogP contribution in [0.4, 0.5) is 4.79 Å². The number of likely N-dealkylation sites (tertiary alicyclic amines) is 1. The first-order chi connectivity index (χ1) is 8.17. The zero-order valence-electron chi connectivity index (χ0n) is 10.6. The number of Topliss-reactive ketones (excluding diaryl/α,β-unsaturated/α-hetero) is 1. The third-order valence-corrected chi connectivity index (χ3v) is 3.61. The van der Waals surface area contributed by atoms with E-state index in [0.29, 0.717) is 0 Å². The van der Waals surface area contributed by atoms with E-state index >= 15 is 0 Å². The lowest BCUT2D eigenvalue weighted by Gasteiger charge is -2.28. The summed E-state index contributed by atoms with van der Waals surface area (Å²) in [6, 6.07) is -0.903. The third-order valence-electron chi connectivity index (χ3n) is 2.50. The summed E-state index contributed by atoms with van der Waals surface area (Å²) in [5.74, 6) is -0.528. The molecule has 0 aromatic heterocycles. The van der Waals surface area contributed by atoms with Gasteiger partial charge in [-0.3, -0.25) is 9.69 Å². The summed E-state index contributed by atoms with van der Waals surface area (Å²) in [5, 5.41) is 18.6. The molecule has 1 rings (SSSR count). The molecule has 1 amide bonds. The number of amides is 1. The molecule has 0 radical (unpaired) electrons. The topological polar surface area (TPSA) is 87.1 Å². The van der Waals surface area contributed by atoms with Crippen molar-refractivity contribution in [3.8, 4) is 0 Å². The van der Waals surface area contributed by atoms with E-state index in [9.17, 15) is 14.7 Å². The minimum atomic E-state index is -0.903. The van der Waals surface area contributed by atoms with Gasteiger partial charge in [-0.1, -0.05) is 15.9 Å². The number of ketones is 1. The molecule has 0 spiro atoms. The smallest absolute Gasteiger partial charge is 0.411 e. The molecular formula is C11H18BrNO5. The van der Waals surface area contributed by atoms with E-state index in [-0.39, 0.29) is 6.54 Å². The second-order valence-electron chi connectivity index (χ2n) is 5.21. The van der Waals surface area contributed by atoms with Crippen LogP contribution in [-0.4, -0.2) is 62.7 Å². The third kappa shape index (κ3) is 3.43. The lowest BCUT2D eigenvalue weighted by Crippen LogP contribution is -2.46. The lowest BCUT2D eigenvalue weighted by molar-refractivity contribution is -0.125. The van der Waals surface area contributed by atoms with E-state index in [1.54, 1.807) is 20.8 Å². The van der Waals surface area contributed by atoms with Gasteiger partial charge in [0.1, 0.15) is 18.2 Å². The summed E-state index contributed by atoms with van der Waals surface area (Å²) < 4.78 is 5.16. The number of carbonyl (C=O) groups is 2. The average molecular weight is 324 g/mol. The van der Waals surface area contributed by atoms with Crippen LogP contribution in [0.3, 0.4) is 0 Å². The van der Waals surface area contributed by atoms with Gasteiger partial charge in [-0.05, 0) is 20.8 Å². The van der Waals surface area contributed by atoms with E-state index in [0.717, 1.165) is 4.90 Å². The first kappa shape index (κ1) is 15.4. The second kappa shape index (κ2) is 5.54. The fraction of sp³-hybridized carbons (Fsp3) is 0.818. The second-order valence-corrected chi connectivity index (χ2v) is 6.27. The van der Waals surface area contributed by atoms with Gasteiger partial charge in [0.15, 0.2) is 5.78 Å². The van der Waals surface area contributed by atoms with Gasteiger partial charge in [0.2, 0.25) is 0 Å². The Hall–Kier alpha value is -0.660. The number of alkyl halides is 1. The number of aliphatic hydroxyl groups excluding tert-OH is 2. The number of nitrogens with zero attached hydrogens (tertiary/aromatic N) is 1. The fourth-order valence-electron chi connectivity index (χ4n) is 1.75. The quantitative estimate of drug-likeness (QED) is 0.713. The van der Waals surface area contributed by atoms with Crippen molar-refractivity contribution in [1.29, 1.82) is 0 Å². The van der Waals surface area contributed by atoms with Crippen LogP contribution in [0, 0.1) is 0 Å². The average Bonchev–Trinajstić information content (AvgIpc) is 2.52. The Morgan fingerprint density at radius 2 is 2.00 bits per heavy atom. The molecule has 104 valence electrons. The summed E-state index contributed by atoms with van der Waals surface area (Å²) in [4.78, 5) is 24.1. The number of β-amino-alcohol motifs (C(OH)–C–C–N with tert-alkyl or cyclic N) is 1. The lowest BCUT2D eigenvalue weighted by atomic mass is 10.1. The highest BCUT2D eigenvalue weighted by Gasteiger charge is 2.46. The van der Waals surface area contributed by atoms with Crippen molar-refractivity contribution in [2.75, 3.05) is 13.2 Å². The number of carbonyl (C=O) groups excluding carboxylic acids is 2. The summed E-state index contributed by atoms with van der Waals surface area (Å²) in [6.07, 6.45) is -1.53. The molecule has 0 aromatic rings. The molecule has 2 N–H and O–H groups in total. The highest BCUT2D eigenvalue weighted by atomic mass is 79.9. The standard InChI is InChI=1S/C11H18BrNO5/c1-11(2,3)18-10(17)13-4-6(15)8(12)9(13)7(16)5-14/h6,8-9,14-15H,4-5H2,1-3H3/t6-,8+,9-/m1/s1. The molecule has 18 heavy (non-hydrogen) atoms. The zero-order chi connectivity index (χ0) is 14.1. The van der Waals surface area contributed by atoms with Crippen molar-refractivity contribution in [2.24, 2.45) is 0 Å². The fourth-order valence-corrected chi connectivity index (χ4v) is 2.50. The minimum absolute atomic E-state index is 0.00123. The van der Waals surface area contributed by atoms with Crippen LogP contribution in [0.25, 0.3) is 0 Å². The summed E-state index contributed by atoms with van der Waals surface area (Å²) in [5.41, 5.74) is -0.681. The van der Waals surface area contributed by atoms with Crippen LogP contribution in [-0.2, 0) is 9.53 Å². The number of aliphatic hydroxyl groups is 2. The van der Waals surface area contributed by atoms with Crippen molar-refractivity contribution in [2.45, 2.75) is 43.3 Å². The molecule has 1 fully saturated rings. The predicted octanol–water partition coefficient (Wildman–Crippen LogP) is 0.292. The van der Waals surface area contributed by atoms with Crippen LogP contribution >= 0.6 is 15.9 Å². The molecule has 7 heteroatoms. The molecule has 1 aliphatic heterocycles. The normalized spacial score (nSPS) is 28.3. The monoisotopic (exact) mass is 323 g/mol. The van der Waals surface area contributed by atoms with Gasteiger partial charge in [0.05, 0.1) is 17.5 Å². The van der Waals surface area contributed by atoms with Crippen LogP contribution in [0.1, 0.15) is 20.8 Å². The van der Waals surface area contributed by atoms with Crippen molar-refractivity contribution in [3.63, 3.8) is 0 Å². The zero-order valence-corrected chi connectivity index (χ0v) is 12.2.